The van der Waals surface area contributed by atoms with Gasteiger partial charge in [-0.3, -0.25) is 4.79 Å². The van der Waals surface area contributed by atoms with Gasteiger partial charge in [0.15, 0.2) is 6.10 Å². The van der Waals surface area contributed by atoms with E-state index in [0.717, 1.165) is 0 Å². The van der Waals surface area contributed by atoms with Crippen molar-refractivity contribution in [3.05, 3.63) is 29.6 Å². The number of carbonyl (C=O) groups is 1. The van der Waals surface area contributed by atoms with E-state index in [0.29, 0.717) is 18.9 Å². The zero-order valence-corrected chi connectivity index (χ0v) is 11.4. The Hall–Kier alpha value is -1.94. The number of anilines is 1. The van der Waals surface area contributed by atoms with Gasteiger partial charge in [-0.25, -0.2) is 4.39 Å². The molecule has 112 valence electrons. The van der Waals surface area contributed by atoms with Crippen LogP contribution in [-0.2, 0) is 14.3 Å². The van der Waals surface area contributed by atoms with E-state index < -0.39 is 11.9 Å². The molecule has 1 aliphatic rings. The molecule has 6 heteroatoms. The zero-order chi connectivity index (χ0) is 15.1. The van der Waals surface area contributed by atoms with E-state index in [1.54, 1.807) is 0 Å². The number of ether oxygens (including phenoxy) is 2. The third-order valence-electron chi connectivity index (χ3n) is 2.80. The van der Waals surface area contributed by atoms with Crippen molar-refractivity contribution in [2.45, 2.75) is 12.5 Å². The maximum Gasteiger partial charge on any atom is 0.255 e. The molecule has 0 radical (unpaired) electrons. The van der Waals surface area contributed by atoms with Crippen molar-refractivity contribution >= 4 is 11.6 Å². The number of nitrogens with one attached hydrogen (secondary N) is 1. The quantitative estimate of drug-likeness (QED) is 0.813. The van der Waals surface area contributed by atoms with Gasteiger partial charge in [0, 0.05) is 12.1 Å². The molecule has 0 spiro atoms. The van der Waals surface area contributed by atoms with Crippen molar-refractivity contribution in [3.8, 4) is 11.8 Å². The highest BCUT2D eigenvalue weighted by atomic mass is 19.1. The number of carbonyl (C=O) groups excluding carboxylic acids is 1. The molecule has 1 aliphatic heterocycles. The standard InChI is InChI=1S/C15H16FNO4/c16-13-5-4-12(9-11(13)3-1-2-6-18)17-15(19)14-10-20-7-8-21-14/h4-5,9,14,18H,2,6-8,10H2,(H,17,19). The van der Waals surface area contributed by atoms with Crippen molar-refractivity contribution < 1.29 is 23.8 Å². The SMILES string of the molecule is O=C(Nc1ccc(F)c(C#CCCO)c1)C1COCCO1. The van der Waals surface area contributed by atoms with Crippen molar-refractivity contribution in [2.75, 3.05) is 31.7 Å². The van der Waals surface area contributed by atoms with Gasteiger partial charge in [-0.2, -0.15) is 0 Å². The van der Waals surface area contributed by atoms with Crippen LogP contribution in [0.25, 0.3) is 0 Å². The lowest BCUT2D eigenvalue weighted by atomic mass is 10.1. The number of aliphatic hydroxyl groups excluding tert-OH is 1. The minimum atomic E-state index is -0.660. The lowest BCUT2D eigenvalue weighted by Gasteiger charge is -2.22. The van der Waals surface area contributed by atoms with Gasteiger partial charge in [0.2, 0.25) is 0 Å². The van der Waals surface area contributed by atoms with Crippen LogP contribution in [0.15, 0.2) is 18.2 Å². The summed E-state index contributed by atoms with van der Waals surface area (Å²) >= 11 is 0. The van der Waals surface area contributed by atoms with Crippen LogP contribution in [0.1, 0.15) is 12.0 Å². The summed E-state index contributed by atoms with van der Waals surface area (Å²) in [5.74, 6) is 4.44. The van der Waals surface area contributed by atoms with Crippen LogP contribution in [0.4, 0.5) is 10.1 Å². The first-order chi connectivity index (χ1) is 10.2. The van der Waals surface area contributed by atoms with E-state index in [1.807, 2.05) is 0 Å². The third-order valence-corrected chi connectivity index (χ3v) is 2.80. The number of hydrogen-bond donors (Lipinski definition) is 2. The summed E-state index contributed by atoms with van der Waals surface area (Å²) in [4.78, 5) is 11.9. The molecule has 1 aromatic carbocycles. The molecule has 2 rings (SSSR count). The van der Waals surface area contributed by atoms with Gasteiger partial charge in [0.25, 0.3) is 5.91 Å². The van der Waals surface area contributed by atoms with E-state index in [2.05, 4.69) is 17.2 Å². The number of amides is 1. The molecule has 0 aliphatic carbocycles. The maximum atomic E-state index is 13.6. The van der Waals surface area contributed by atoms with Crippen LogP contribution in [0, 0.1) is 17.7 Å². The fourth-order valence-corrected chi connectivity index (χ4v) is 1.77. The fourth-order valence-electron chi connectivity index (χ4n) is 1.77. The van der Waals surface area contributed by atoms with Crippen molar-refractivity contribution in [1.82, 2.24) is 0 Å². The Kier molecular flexibility index (Phi) is 5.69. The first-order valence-corrected chi connectivity index (χ1v) is 6.60. The van der Waals surface area contributed by atoms with Gasteiger partial charge in [0.1, 0.15) is 5.82 Å². The average molecular weight is 293 g/mol. The van der Waals surface area contributed by atoms with Crippen molar-refractivity contribution in [1.29, 1.82) is 0 Å². The van der Waals surface area contributed by atoms with Crippen LogP contribution in [0.2, 0.25) is 0 Å². The topological polar surface area (TPSA) is 67.8 Å². The van der Waals surface area contributed by atoms with Gasteiger partial charge in [0.05, 0.1) is 32.0 Å². The average Bonchev–Trinajstić information content (AvgIpc) is 2.51. The molecule has 1 unspecified atom stereocenters. The molecule has 21 heavy (non-hydrogen) atoms. The number of halogens is 1. The first kappa shape index (κ1) is 15.4. The highest BCUT2D eigenvalue weighted by Gasteiger charge is 2.22. The van der Waals surface area contributed by atoms with E-state index in [-0.39, 0.29) is 31.1 Å². The maximum absolute atomic E-state index is 13.6. The molecule has 1 saturated heterocycles. The number of aliphatic hydroxyl groups is 1. The van der Waals surface area contributed by atoms with E-state index in [9.17, 15) is 9.18 Å². The molecule has 1 heterocycles. The Morgan fingerprint density at radius 1 is 1.48 bits per heavy atom. The molecule has 0 aromatic heterocycles. The second kappa shape index (κ2) is 7.74. The van der Waals surface area contributed by atoms with Crippen LogP contribution < -0.4 is 5.32 Å². The number of rotatable bonds is 3. The molecule has 1 fully saturated rings. The second-order valence-corrected chi connectivity index (χ2v) is 4.39. The summed E-state index contributed by atoms with van der Waals surface area (Å²) < 4.78 is 24.0. The normalized spacial score (nSPS) is 17.7. The highest BCUT2D eigenvalue weighted by Crippen LogP contribution is 2.15. The monoisotopic (exact) mass is 293 g/mol. The molecule has 5 nitrogen and oxygen atoms in total. The number of hydrogen-bond acceptors (Lipinski definition) is 4. The largest absolute Gasteiger partial charge is 0.395 e. The molecular weight excluding hydrogens is 277 g/mol. The first-order valence-electron chi connectivity index (χ1n) is 6.60. The van der Waals surface area contributed by atoms with Crippen LogP contribution in [0.5, 0.6) is 0 Å². The Bertz CT molecular complexity index is 559. The summed E-state index contributed by atoms with van der Waals surface area (Å²) in [5, 5.41) is 11.3. The highest BCUT2D eigenvalue weighted by molar-refractivity contribution is 5.94. The molecule has 0 saturated carbocycles. The van der Waals surface area contributed by atoms with Crippen LogP contribution in [-0.4, -0.2) is 43.5 Å². The van der Waals surface area contributed by atoms with Crippen molar-refractivity contribution in [3.63, 3.8) is 0 Å². The van der Waals surface area contributed by atoms with Crippen molar-refractivity contribution in [2.24, 2.45) is 0 Å². The zero-order valence-electron chi connectivity index (χ0n) is 11.4. The predicted octanol–water partition coefficient (Wildman–Crippen LogP) is 0.913. The van der Waals surface area contributed by atoms with E-state index in [4.69, 9.17) is 14.6 Å². The summed E-state index contributed by atoms with van der Waals surface area (Å²) in [7, 11) is 0. The number of benzene rings is 1. The van der Waals surface area contributed by atoms with Gasteiger partial charge in [-0.05, 0) is 18.2 Å². The fraction of sp³-hybridized carbons (Fsp3) is 0.400. The minimum absolute atomic E-state index is 0.0793. The Morgan fingerprint density at radius 3 is 3.05 bits per heavy atom. The molecule has 1 aromatic rings. The smallest absolute Gasteiger partial charge is 0.255 e. The minimum Gasteiger partial charge on any atom is -0.395 e. The summed E-state index contributed by atoms with van der Waals surface area (Å²) in [6.45, 7) is 0.977. The third kappa shape index (κ3) is 4.53. The summed E-state index contributed by atoms with van der Waals surface area (Å²) in [6, 6.07) is 4.13. The Labute approximate surface area is 122 Å². The Morgan fingerprint density at radius 2 is 2.33 bits per heavy atom. The molecular formula is C15H16FNO4. The Balaban J connectivity index is 2.04. The lowest BCUT2D eigenvalue weighted by molar-refractivity contribution is -0.142. The van der Waals surface area contributed by atoms with Crippen LogP contribution in [0.3, 0.4) is 0 Å². The molecule has 0 bridgehead atoms. The second-order valence-electron chi connectivity index (χ2n) is 4.39. The van der Waals surface area contributed by atoms with Gasteiger partial charge in [-0.1, -0.05) is 11.8 Å². The van der Waals surface area contributed by atoms with Crippen LogP contribution >= 0.6 is 0 Å². The van der Waals surface area contributed by atoms with Gasteiger partial charge >= 0.3 is 0 Å². The molecule has 1 amide bonds. The van der Waals surface area contributed by atoms with E-state index in [1.165, 1.54) is 18.2 Å². The van der Waals surface area contributed by atoms with Gasteiger partial charge < -0.3 is 19.9 Å². The van der Waals surface area contributed by atoms with E-state index >= 15 is 0 Å². The summed E-state index contributed by atoms with van der Waals surface area (Å²) in [5.41, 5.74) is 0.603. The predicted molar refractivity (Wildman–Crippen MR) is 74.2 cm³/mol. The summed E-state index contributed by atoms with van der Waals surface area (Å²) in [6.07, 6.45) is -0.392. The molecule has 1 atom stereocenters. The molecule has 2 N–H and O–H groups in total. The van der Waals surface area contributed by atoms with Gasteiger partial charge in [-0.15, -0.1) is 0 Å². The lowest BCUT2D eigenvalue weighted by Crippen LogP contribution is -2.39.